The zero-order valence-corrected chi connectivity index (χ0v) is 13.2. The van der Waals surface area contributed by atoms with Crippen molar-refractivity contribution in [2.24, 2.45) is 0 Å². The maximum absolute atomic E-state index is 5.85. The Balaban J connectivity index is 2.17. The van der Waals surface area contributed by atoms with Gasteiger partial charge >= 0.3 is 0 Å². The SMILES string of the molecule is CCCOc1cccnc1N1CCCCC1CCBr. The molecule has 0 spiro atoms. The predicted molar refractivity (Wildman–Crippen MR) is 83.4 cm³/mol. The summed E-state index contributed by atoms with van der Waals surface area (Å²) in [7, 11) is 0. The number of hydrogen-bond donors (Lipinski definition) is 0. The molecule has 0 aromatic carbocycles. The molecule has 1 aromatic rings. The molecule has 3 nitrogen and oxygen atoms in total. The van der Waals surface area contributed by atoms with E-state index in [0.29, 0.717) is 6.04 Å². The fourth-order valence-electron chi connectivity index (χ4n) is 2.63. The maximum Gasteiger partial charge on any atom is 0.171 e. The number of anilines is 1. The van der Waals surface area contributed by atoms with Crippen molar-refractivity contribution in [1.29, 1.82) is 0 Å². The molecule has 1 atom stereocenters. The Kier molecular flexibility index (Phi) is 5.95. The molecule has 1 unspecified atom stereocenters. The Hall–Kier alpha value is -0.770. The van der Waals surface area contributed by atoms with Crippen molar-refractivity contribution < 1.29 is 4.74 Å². The van der Waals surface area contributed by atoms with Gasteiger partial charge in [-0.15, -0.1) is 0 Å². The molecule has 0 radical (unpaired) electrons. The molecule has 4 heteroatoms. The number of ether oxygens (including phenoxy) is 1. The van der Waals surface area contributed by atoms with Gasteiger partial charge < -0.3 is 9.64 Å². The van der Waals surface area contributed by atoms with Crippen LogP contribution in [0.2, 0.25) is 0 Å². The minimum atomic E-state index is 0.590. The zero-order chi connectivity index (χ0) is 13.5. The van der Waals surface area contributed by atoms with Crippen LogP contribution in [0.4, 0.5) is 5.82 Å². The second kappa shape index (κ2) is 7.73. The van der Waals surface area contributed by atoms with Gasteiger partial charge in [0.25, 0.3) is 0 Å². The summed E-state index contributed by atoms with van der Waals surface area (Å²) in [6, 6.07) is 4.59. The Morgan fingerprint density at radius 2 is 2.37 bits per heavy atom. The molecule has 2 heterocycles. The lowest BCUT2D eigenvalue weighted by Gasteiger charge is -2.37. The Morgan fingerprint density at radius 3 is 3.16 bits per heavy atom. The van der Waals surface area contributed by atoms with Crippen molar-refractivity contribution >= 4 is 21.7 Å². The molecular formula is C15H23BrN2O. The van der Waals surface area contributed by atoms with Gasteiger partial charge in [-0.3, -0.25) is 0 Å². The van der Waals surface area contributed by atoms with E-state index in [9.17, 15) is 0 Å². The highest BCUT2D eigenvalue weighted by atomic mass is 79.9. The van der Waals surface area contributed by atoms with Crippen LogP contribution in [0.25, 0.3) is 0 Å². The van der Waals surface area contributed by atoms with Gasteiger partial charge in [-0.1, -0.05) is 22.9 Å². The van der Waals surface area contributed by atoms with Crippen LogP contribution >= 0.6 is 15.9 Å². The number of hydrogen-bond acceptors (Lipinski definition) is 3. The van der Waals surface area contributed by atoms with Gasteiger partial charge in [0.15, 0.2) is 11.6 Å². The highest BCUT2D eigenvalue weighted by molar-refractivity contribution is 9.09. The minimum Gasteiger partial charge on any atom is -0.490 e. The molecule has 0 amide bonds. The maximum atomic E-state index is 5.85. The number of aromatic nitrogens is 1. The van der Waals surface area contributed by atoms with Gasteiger partial charge in [-0.25, -0.2) is 4.98 Å². The number of alkyl halides is 1. The third-order valence-electron chi connectivity index (χ3n) is 3.55. The van der Waals surface area contributed by atoms with Crippen molar-refractivity contribution in [3.63, 3.8) is 0 Å². The second-order valence-electron chi connectivity index (χ2n) is 4.99. The van der Waals surface area contributed by atoms with E-state index in [1.165, 1.54) is 25.7 Å². The van der Waals surface area contributed by atoms with Gasteiger partial charge in [0.1, 0.15) is 0 Å². The lowest BCUT2D eigenvalue weighted by molar-refractivity contribution is 0.314. The van der Waals surface area contributed by atoms with Gasteiger partial charge in [0, 0.05) is 24.1 Å². The summed E-state index contributed by atoms with van der Waals surface area (Å²) in [5, 5.41) is 1.05. The fourth-order valence-corrected chi connectivity index (χ4v) is 3.16. The van der Waals surface area contributed by atoms with Crippen molar-refractivity contribution in [2.75, 3.05) is 23.4 Å². The van der Waals surface area contributed by atoms with E-state index < -0.39 is 0 Å². The first kappa shape index (κ1) is 14.6. The van der Waals surface area contributed by atoms with Gasteiger partial charge in [0.05, 0.1) is 6.61 Å². The summed E-state index contributed by atoms with van der Waals surface area (Å²) in [5.74, 6) is 1.97. The van der Waals surface area contributed by atoms with Crippen LogP contribution < -0.4 is 9.64 Å². The van der Waals surface area contributed by atoms with Crippen molar-refractivity contribution in [3.05, 3.63) is 18.3 Å². The Labute approximate surface area is 124 Å². The Morgan fingerprint density at radius 1 is 1.47 bits per heavy atom. The average Bonchev–Trinajstić information content (AvgIpc) is 2.46. The van der Waals surface area contributed by atoms with Crippen LogP contribution in [-0.2, 0) is 0 Å². The van der Waals surface area contributed by atoms with Crippen LogP contribution in [-0.4, -0.2) is 29.5 Å². The molecule has 0 bridgehead atoms. The molecule has 0 N–H and O–H groups in total. The van der Waals surface area contributed by atoms with E-state index in [2.05, 4.69) is 32.7 Å². The standard InChI is InChI=1S/C15H23BrN2O/c1-2-12-19-14-7-5-10-17-15(14)18-11-4-3-6-13(18)8-9-16/h5,7,10,13H,2-4,6,8-9,11-12H2,1H3. The number of piperidine rings is 1. The molecule has 1 saturated heterocycles. The molecule has 0 saturated carbocycles. The molecule has 19 heavy (non-hydrogen) atoms. The molecule has 2 rings (SSSR count). The van der Waals surface area contributed by atoms with Gasteiger partial charge in [0.2, 0.25) is 0 Å². The monoisotopic (exact) mass is 326 g/mol. The highest BCUT2D eigenvalue weighted by Gasteiger charge is 2.25. The normalized spacial score (nSPS) is 19.5. The fraction of sp³-hybridized carbons (Fsp3) is 0.667. The molecule has 0 aliphatic carbocycles. The molecule has 1 fully saturated rings. The first-order valence-corrected chi connectivity index (χ1v) is 8.39. The molecular weight excluding hydrogens is 304 g/mol. The number of halogens is 1. The quantitative estimate of drug-likeness (QED) is 0.738. The lowest BCUT2D eigenvalue weighted by atomic mass is 10.00. The van der Waals surface area contributed by atoms with Crippen LogP contribution in [0.5, 0.6) is 5.75 Å². The van der Waals surface area contributed by atoms with Crippen molar-refractivity contribution in [3.8, 4) is 5.75 Å². The lowest BCUT2D eigenvalue weighted by Crippen LogP contribution is -2.40. The van der Waals surface area contributed by atoms with Crippen molar-refractivity contribution in [1.82, 2.24) is 4.98 Å². The topological polar surface area (TPSA) is 25.4 Å². The molecule has 106 valence electrons. The minimum absolute atomic E-state index is 0.590. The van der Waals surface area contributed by atoms with Gasteiger partial charge in [-0.05, 0) is 44.2 Å². The highest BCUT2D eigenvalue weighted by Crippen LogP contribution is 2.32. The third kappa shape index (κ3) is 3.85. The molecule has 1 aliphatic rings. The van der Waals surface area contributed by atoms with E-state index in [-0.39, 0.29) is 0 Å². The summed E-state index contributed by atoms with van der Waals surface area (Å²) >= 11 is 3.57. The van der Waals surface area contributed by atoms with Crippen LogP contribution in [0.15, 0.2) is 18.3 Å². The summed E-state index contributed by atoms with van der Waals surface area (Å²) in [6.07, 6.45) is 7.90. The average molecular weight is 327 g/mol. The van der Waals surface area contributed by atoms with Gasteiger partial charge in [-0.2, -0.15) is 0 Å². The molecule has 1 aliphatic heterocycles. The summed E-state index contributed by atoms with van der Waals surface area (Å²) in [5.41, 5.74) is 0. The number of nitrogens with zero attached hydrogens (tertiary/aromatic N) is 2. The van der Waals surface area contributed by atoms with Crippen LogP contribution in [0, 0.1) is 0 Å². The zero-order valence-electron chi connectivity index (χ0n) is 11.6. The van der Waals surface area contributed by atoms with Crippen LogP contribution in [0.1, 0.15) is 39.0 Å². The Bertz CT molecular complexity index is 384. The van der Waals surface area contributed by atoms with E-state index in [1.807, 2.05) is 18.3 Å². The number of pyridine rings is 1. The first-order chi connectivity index (χ1) is 9.36. The first-order valence-electron chi connectivity index (χ1n) is 7.27. The van der Waals surface area contributed by atoms with E-state index in [1.54, 1.807) is 0 Å². The molecule has 1 aromatic heterocycles. The largest absolute Gasteiger partial charge is 0.490 e. The smallest absolute Gasteiger partial charge is 0.171 e. The van der Waals surface area contributed by atoms with Crippen molar-refractivity contribution in [2.45, 2.75) is 45.1 Å². The van der Waals surface area contributed by atoms with Crippen LogP contribution in [0.3, 0.4) is 0 Å². The van der Waals surface area contributed by atoms with E-state index in [4.69, 9.17) is 4.74 Å². The summed E-state index contributed by atoms with van der Waals surface area (Å²) < 4.78 is 5.85. The van der Waals surface area contributed by atoms with E-state index in [0.717, 1.165) is 36.5 Å². The van der Waals surface area contributed by atoms with E-state index >= 15 is 0 Å². The summed E-state index contributed by atoms with van der Waals surface area (Å²) in [6.45, 7) is 3.98. The summed E-state index contributed by atoms with van der Waals surface area (Å²) in [4.78, 5) is 7.01. The predicted octanol–water partition coefficient (Wildman–Crippen LogP) is 4.01. The number of rotatable bonds is 6. The second-order valence-corrected chi connectivity index (χ2v) is 5.79. The third-order valence-corrected chi connectivity index (χ3v) is 4.01.